The Balaban J connectivity index is 2.51. The van der Waals surface area contributed by atoms with E-state index in [1.54, 1.807) is 6.08 Å². The normalized spacial score (nSPS) is 19.1. The van der Waals surface area contributed by atoms with Gasteiger partial charge >= 0.3 is 0 Å². The third kappa shape index (κ3) is 1.03. The Morgan fingerprint density at radius 2 is 2.71 bits per heavy atom. The van der Waals surface area contributed by atoms with Crippen molar-refractivity contribution in [2.45, 2.75) is 6.42 Å². The lowest BCUT2D eigenvalue weighted by Crippen LogP contribution is -2.25. The molecule has 0 bridgehead atoms. The summed E-state index contributed by atoms with van der Waals surface area (Å²) < 4.78 is 0. The lowest BCUT2D eigenvalue weighted by atomic mass is 10.3. The minimum atomic E-state index is -0.0914. The molecule has 1 amide bonds. The van der Waals surface area contributed by atoms with Crippen molar-refractivity contribution in [3.05, 3.63) is 12.2 Å². The van der Waals surface area contributed by atoms with Gasteiger partial charge < -0.3 is 5.32 Å². The molecule has 0 aliphatic carbocycles. The summed E-state index contributed by atoms with van der Waals surface area (Å²) in [6.45, 7) is 0.770. The standard InChI is InChI=1S/C5H6NO/c7-5-3-1-2-4-6-5/h1H,2,4H2,(H,6,7). The molecule has 1 heterocycles. The fourth-order valence-corrected chi connectivity index (χ4v) is 0.474. The van der Waals surface area contributed by atoms with Crippen LogP contribution in [0.1, 0.15) is 6.42 Å². The molecular weight excluding hydrogens is 90.1 g/mol. The Morgan fingerprint density at radius 3 is 3.00 bits per heavy atom. The van der Waals surface area contributed by atoms with Crippen LogP contribution in [0.2, 0.25) is 0 Å². The molecule has 1 aliphatic rings. The molecule has 0 atom stereocenters. The van der Waals surface area contributed by atoms with E-state index in [1.165, 1.54) is 0 Å². The van der Waals surface area contributed by atoms with Gasteiger partial charge in [-0.25, -0.2) is 0 Å². The van der Waals surface area contributed by atoms with Crippen LogP contribution in [0.15, 0.2) is 6.08 Å². The van der Waals surface area contributed by atoms with Crippen LogP contribution in [-0.4, -0.2) is 12.5 Å². The largest absolute Gasteiger partial charge is 0.352 e. The summed E-state index contributed by atoms with van der Waals surface area (Å²) in [6, 6.07) is 0. The molecular formula is C5H6NO. The van der Waals surface area contributed by atoms with Crippen molar-refractivity contribution in [1.29, 1.82) is 0 Å². The maximum Gasteiger partial charge on any atom is 0.251 e. The van der Waals surface area contributed by atoms with E-state index in [0.29, 0.717) is 0 Å². The third-order valence-corrected chi connectivity index (χ3v) is 0.807. The molecule has 0 saturated heterocycles. The van der Waals surface area contributed by atoms with Gasteiger partial charge in [-0.15, -0.1) is 0 Å². The summed E-state index contributed by atoms with van der Waals surface area (Å²) in [4.78, 5) is 10.2. The fourth-order valence-electron chi connectivity index (χ4n) is 0.474. The highest BCUT2D eigenvalue weighted by Gasteiger charge is 1.96. The maximum atomic E-state index is 10.2. The van der Waals surface area contributed by atoms with Gasteiger partial charge in [-0.3, -0.25) is 4.79 Å². The molecule has 0 spiro atoms. The molecule has 7 heavy (non-hydrogen) atoms. The third-order valence-electron chi connectivity index (χ3n) is 0.807. The zero-order valence-corrected chi connectivity index (χ0v) is 3.90. The Labute approximate surface area is 42.2 Å². The quantitative estimate of drug-likeness (QED) is 0.447. The molecule has 1 radical (unpaired) electrons. The number of hydrogen-bond donors (Lipinski definition) is 1. The summed E-state index contributed by atoms with van der Waals surface area (Å²) in [5.74, 6) is -0.0914. The molecule has 37 valence electrons. The zero-order chi connectivity index (χ0) is 5.11. The lowest BCUT2D eigenvalue weighted by molar-refractivity contribution is -0.117. The summed E-state index contributed by atoms with van der Waals surface area (Å²) in [5.41, 5.74) is 0. The van der Waals surface area contributed by atoms with E-state index in [9.17, 15) is 4.79 Å². The first-order valence-electron chi connectivity index (χ1n) is 2.25. The van der Waals surface area contributed by atoms with Crippen LogP contribution < -0.4 is 5.32 Å². The number of amides is 1. The van der Waals surface area contributed by atoms with Crippen molar-refractivity contribution < 1.29 is 4.79 Å². The average molecular weight is 96.1 g/mol. The molecule has 0 saturated carbocycles. The van der Waals surface area contributed by atoms with Crippen LogP contribution in [0, 0.1) is 6.08 Å². The van der Waals surface area contributed by atoms with Gasteiger partial charge in [0, 0.05) is 12.6 Å². The van der Waals surface area contributed by atoms with E-state index in [2.05, 4.69) is 11.4 Å². The lowest BCUT2D eigenvalue weighted by Gasteiger charge is -2.01. The van der Waals surface area contributed by atoms with E-state index in [1.807, 2.05) is 0 Å². The molecule has 2 nitrogen and oxygen atoms in total. The second kappa shape index (κ2) is 1.78. The van der Waals surface area contributed by atoms with Crippen molar-refractivity contribution >= 4 is 5.91 Å². The second-order valence-electron chi connectivity index (χ2n) is 1.39. The minimum Gasteiger partial charge on any atom is -0.352 e. The molecule has 1 aliphatic heterocycles. The Hall–Kier alpha value is -0.790. The predicted octanol–water partition coefficient (Wildman–Crippen LogP) is -0.134. The highest BCUT2D eigenvalue weighted by Crippen LogP contribution is 1.85. The van der Waals surface area contributed by atoms with Gasteiger partial charge in [-0.2, -0.15) is 0 Å². The summed E-state index contributed by atoms with van der Waals surface area (Å²) in [5, 5.41) is 2.60. The second-order valence-corrected chi connectivity index (χ2v) is 1.39. The van der Waals surface area contributed by atoms with Crippen LogP contribution in [0.4, 0.5) is 0 Å². The predicted molar refractivity (Wildman–Crippen MR) is 25.4 cm³/mol. The van der Waals surface area contributed by atoms with Crippen molar-refractivity contribution in [1.82, 2.24) is 5.32 Å². The van der Waals surface area contributed by atoms with E-state index >= 15 is 0 Å². The van der Waals surface area contributed by atoms with Crippen LogP contribution in [0.3, 0.4) is 0 Å². The van der Waals surface area contributed by atoms with Crippen molar-refractivity contribution in [3.63, 3.8) is 0 Å². The molecule has 1 N–H and O–H groups in total. The highest BCUT2D eigenvalue weighted by molar-refractivity contribution is 5.84. The first-order valence-corrected chi connectivity index (χ1v) is 2.25. The first kappa shape index (κ1) is 4.37. The zero-order valence-electron chi connectivity index (χ0n) is 3.90. The Kier molecular flexibility index (Phi) is 1.11. The SMILES string of the molecule is O=C1[C]=CCCN1. The molecule has 0 aromatic carbocycles. The Morgan fingerprint density at radius 1 is 1.86 bits per heavy atom. The van der Waals surface area contributed by atoms with Crippen molar-refractivity contribution in [3.8, 4) is 0 Å². The van der Waals surface area contributed by atoms with Gasteiger partial charge in [0.05, 0.1) is 0 Å². The summed E-state index contributed by atoms with van der Waals surface area (Å²) >= 11 is 0. The Bertz CT molecular complexity index is 107. The summed E-state index contributed by atoms with van der Waals surface area (Å²) in [6.07, 6.45) is 5.18. The van der Waals surface area contributed by atoms with Gasteiger partial charge in [-0.05, 0) is 6.42 Å². The number of rotatable bonds is 0. The van der Waals surface area contributed by atoms with E-state index in [0.717, 1.165) is 13.0 Å². The minimum absolute atomic E-state index is 0.0914. The van der Waals surface area contributed by atoms with Crippen LogP contribution in [0.5, 0.6) is 0 Å². The van der Waals surface area contributed by atoms with E-state index < -0.39 is 0 Å². The average Bonchev–Trinajstić information content (AvgIpc) is 1.69. The van der Waals surface area contributed by atoms with Crippen LogP contribution in [-0.2, 0) is 4.79 Å². The molecule has 0 aromatic rings. The van der Waals surface area contributed by atoms with Gasteiger partial charge in [0.25, 0.3) is 5.91 Å². The monoisotopic (exact) mass is 96.0 g/mol. The first-order chi connectivity index (χ1) is 3.39. The van der Waals surface area contributed by atoms with Crippen LogP contribution >= 0.6 is 0 Å². The van der Waals surface area contributed by atoms with Gasteiger partial charge in [0.1, 0.15) is 0 Å². The molecule has 2 heteroatoms. The number of carbonyl (C=O) groups is 1. The van der Waals surface area contributed by atoms with Gasteiger partial charge in [0.15, 0.2) is 0 Å². The van der Waals surface area contributed by atoms with E-state index in [-0.39, 0.29) is 5.91 Å². The molecule has 0 aromatic heterocycles. The number of carbonyl (C=O) groups excluding carboxylic acids is 1. The maximum absolute atomic E-state index is 10.2. The molecule has 0 unspecified atom stereocenters. The van der Waals surface area contributed by atoms with E-state index in [4.69, 9.17) is 0 Å². The smallest absolute Gasteiger partial charge is 0.251 e. The fraction of sp³-hybridized carbons (Fsp3) is 0.400. The van der Waals surface area contributed by atoms with Crippen molar-refractivity contribution in [2.75, 3.05) is 6.54 Å². The van der Waals surface area contributed by atoms with Gasteiger partial charge in [0.2, 0.25) is 0 Å². The van der Waals surface area contributed by atoms with Crippen molar-refractivity contribution in [2.24, 2.45) is 0 Å². The number of hydrogen-bond acceptors (Lipinski definition) is 1. The molecule has 0 fully saturated rings. The highest BCUT2D eigenvalue weighted by atomic mass is 16.1. The molecule has 1 rings (SSSR count). The summed E-state index contributed by atoms with van der Waals surface area (Å²) in [7, 11) is 0. The van der Waals surface area contributed by atoms with Gasteiger partial charge in [-0.1, -0.05) is 6.08 Å². The number of nitrogens with one attached hydrogen (secondary N) is 1. The topological polar surface area (TPSA) is 29.1 Å². The van der Waals surface area contributed by atoms with Crippen LogP contribution in [0.25, 0.3) is 0 Å².